The van der Waals surface area contributed by atoms with Crippen LogP contribution in [0.5, 0.6) is 11.5 Å². The van der Waals surface area contributed by atoms with Crippen LogP contribution in [0.1, 0.15) is 34.3 Å². The van der Waals surface area contributed by atoms with Gasteiger partial charge in [-0.2, -0.15) is 0 Å². The maximum absolute atomic E-state index is 12.6. The van der Waals surface area contributed by atoms with Gasteiger partial charge in [-0.05, 0) is 60.6 Å². The van der Waals surface area contributed by atoms with Gasteiger partial charge in [0.05, 0.1) is 5.56 Å². The maximum atomic E-state index is 12.6. The summed E-state index contributed by atoms with van der Waals surface area (Å²) in [6.07, 6.45) is 2.90. The Labute approximate surface area is 163 Å². The van der Waals surface area contributed by atoms with E-state index in [1.807, 2.05) is 29.2 Å². The third-order valence-corrected chi connectivity index (χ3v) is 5.40. The van der Waals surface area contributed by atoms with E-state index in [0.29, 0.717) is 24.3 Å². The molecule has 146 valence electrons. The zero-order valence-corrected chi connectivity index (χ0v) is 15.6. The number of aromatic carboxylic acids is 1. The number of ether oxygens (including phenoxy) is 2. The van der Waals surface area contributed by atoms with E-state index in [2.05, 4.69) is 0 Å². The quantitative estimate of drug-likeness (QED) is 0.832. The number of hydrogen-bond acceptors (Lipinski definition) is 4. The second kappa shape index (κ2) is 7.92. The van der Waals surface area contributed by atoms with Gasteiger partial charge in [0.25, 0.3) is 0 Å². The molecule has 0 radical (unpaired) electrons. The van der Waals surface area contributed by atoms with Gasteiger partial charge in [0.1, 0.15) is 0 Å². The van der Waals surface area contributed by atoms with Crippen LogP contribution in [0.25, 0.3) is 0 Å². The minimum Gasteiger partial charge on any atom is -0.478 e. The fourth-order valence-corrected chi connectivity index (χ4v) is 3.90. The summed E-state index contributed by atoms with van der Waals surface area (Å²) in [4.78, 5) is 25.6. The average molecular weight is 381 g/mol. The van der Waals surface area contributed by atoms with Crippen molar-refractivity contribution < 1.29 is 24.2 Å². The SMILES string of the molecule is O=C(O)c1cccc(CC2CCN(C(=O)CCc3ccc4c(c3)OCO4)C2)c1. The molecular weight excluding hydrogens is 358 g/mol. The molecule has 2 aromatic carbocycles. The summed E-state index contributed by atoms with van der Waals surface area (Å²) in [6, 6.07) is 12.9. The molecule has 1 saturated heterocycles. The normalized spacial score (nSPS) is 17.7. The smallest absolute Gasteiger partial charge is 0.335 e. The lowest BCUT2D eigenvalue weighted by molar-refractivity contribution is -0.130. The molecule has 6 nitrogen and oxygen atoms in total. The Balaban J connectivity index is 1.28. The molecule has 2 aliphatic rings. The van der Waals surface area contributed by atoms with Crippen LogP contribution in [0.4, 0.5) is 0 Å². The number of benzene rings is 2. The van der Waals surface area contributed by atoms with E-state index in [0.717, 1.165) is 48.6 Å². The van der Waals surface area contributed by atoms with Crippen molar-refractivity contribution in [1.82, 2.24) is 4.90 Å². The number of likely N-dealkylation sites (tertiary alicyclic amines) is 1. The van der Waals surface area contributed by atoms with E-state index in [1.54, 1.807) is 18.2 Å². The Bertz CT molecular complexity index is 894. The average Bonchev–Trinajstić information content (AvgIpc) is 3.35. The van der Waals surface area contributed by atoms with Crippen LogP contribution in [-0.2, 0) is 17.6 Å². The summed E-state index contributed by atoms with van der Waals surface area (Å²) in [5.41, 5.74) is 2.39. The first-order chi connectivity index (χ1) is 13.6. The molecular formula is C22H23NO5. The number of carboxylic acid groups (broad SMARTS) is 1. The standard InChI is InChI=1S/C22H23NO5/c24-21(7-5-15-4-6-19-20(12-15)28-14-27-19)23-9-8-17(13-23)10-16-2-1-3-18(11-16)22(25)26/h1-4,6,11-12,17H,5,7-10,13-14H2,(H,25,26). The van der Waals surface area contributed by atoms with Crippen molar-refractivity contribution in [1.29, 1.82) is 0 Å². The number of amides is 1. The van der Waals surface area contributed by atoms with Crippen LogP contribution >= 0.6 is 0 Å². The van der Waals surface area contributed by atoms with Crippen LogP contribution in [0.2, 0.25) is 0 Å². The molecule has 0 bridgehead atoms. The van der Waals surface area contributed by atoms with E-state index >= 15 is 0 Å². The molecule has 1 unspecified atom stereocenters. The van der Waals surface area contributed by atoms with Crippen LogP contribution in [0.3, 0.4) is 0 Å². The summed E-state index contributed by atoms with van der Waals surface area (Å²) >= 11 is 0. The van der Waals surface area contributed by atoms with E-state index < -0.39 is 5.97 Å². The fraction of sp³-hybridized carbons (Fsp3) is 0.364. The van der Waals surface area contributed by atoms with Gasteiger partial charge in [0.15, 0.2) is 11.5 Å². The number of carbonyl (C=O) groups is 2. The van der Waals surface area contributed by atoms with Crippen molar-refractivity contribution in [3.63, 3.8) is 0 Å². The van der Waals surface area contributed by atoms with Gasteiger partial charge in [-0.3, -0.25) is 4.79 Å². The third-order valence-electron chi connectivity index (χ3n) is 5.40. The number of hydrogen-bond donors (Lipinski definition) is 1. The molecule has 28 heavy (non-hydrogen) atoms. The van der Waals surface area contributed by atoms with Crippen molar-refractivity contribution in [3.8, 4) is 11.5 Å². The van der Waals surface area contributed by atoms with Crippen molar-refractivity contribution >= 4 is 11.9 Å². The van der Waals surface area contributed by atoms with Crippen molar-refractivity contribution in [2.75, 3.05) is 19.9 Å². The highest BCUT2D eigenvalue weighted by Crippen LogP contribution is 2.33. The van der Waals surface area contributed by atoms with Crippen LogP contribution in [-0.4, -0.2) is 41.8 Å². The Morgan fingerprint density at radius 2 is 1.93 bits per heavy atom. The topological polar surface area (TPSA) is 76.1 Å². The fourth-order valence-electron chi connectivity index (χ4n) is 3.90. The summed E-state index contributed by atoms with van der Waals surface area (Å²) in [5, 5.41) is 9.12. The van der Waals surface area contributed by atoms with Crippen molar-refractivity contribution in [2.24, 2.45) is 5.92 Å². The lowest BCUT2D eigenvalue weighted by atomic mass is 9.97. The zero-order valence-electron chi connectivity index (χ0n) is 15.6. The van der Waals surface area contributed by atoms with Crippen LogP contribution < -0.4 is 9.47 Å². The second-order valence-electron chi connectivity index (χ2n) is 7.39. The maximum Gasteiger partial charge on any atom is 0.335 e. The van der Waals surface area contributed by atoms with Crippen molar-refractivity contribution in [2.45, 2.75) is 25.7 Å². The first kappa shape index (κ1) is 18.3. The molecule has 2 aliphatic heterocycles. The zero-order chi connectivity index (χ0) is 19.5. The molecule has 6 heteroatoms. The third kappa shape index (κ3) is 4.11. The number of carboxylic acids is 1. The first-order valence-electron chi connectivity index (χ1n) is 9.57. The number of nitrogens with zero attached hydrogens (tertiary/aromatic N) is 1. The molecule has 0 aliphatic carbocycles. The summed E-state index contributed by atoms with van der Waals surface area (Å²) in [7, 11) is 0. The summed E-state index contributed by atoms with van der Waals surface area (Å²) in [6.45, 7) is 1.75. The highest BCUT2D eigenvalue weighted by atomic mass is 16.7. The summed E-state index contributed by atoms with van der Waals surface area (Å²) < 4.78 is 10.7. The molecule has 4 rings (SSSR count). The number of carbonyl (C=O) groups excluding carboxylic acids is 1. The Morgan fingerprint density at radius 1 is 1.07 bits per heavy atom. The molecule has 1 amide bonds. The van der Waals surface area contributed by atoms with Crippen molar-refractivity contribution in [3.05, 3.63) is 59.2 Å². The molecule has 0 aromatic heterocycles. The minimum atomic E-state index is -0.909. The van der Waals surface area contributed by atoms with E-state index in [-0.39, 0.29) is 12.7 Å². The lowest BCUT2D eigenvalue weighted by Crippen LogP contribution is -2.29. The molecule has 1 atom stereocenters. The second-order valence-corrected chi connectivity index (χ2v) is 7.39. The molecule has 1 fully saturated rings. The minimum absolute atomic E-state index is 0.166. The predicted octanol–water partition coefficient (Wildman–Crippen LogP) is 3.14. The monoisotopic (exact) mass is 381 g/mol. The number of aryl methyl sites for hydroxylation is 1. The van der Waals surface area contributed by atoms with Gasteiger partial charge >= 0.3 is 5.97 Å². The highest BCUT2D eigenvalue weighted by Gasteiger charge is 2.26. The van der Waals surface area contributed by atoms with Gasteiger partial charge in [0.2, 0.25) is 12.7 Å². The van der Waals surface area contributed by atoms with Gasteiger partial charge in [-0.1, -0.05) is 18.2 Å². The Morgan fingerprint density at radius 3 is 2.79 bits per heavy atom. The van der Waals surface area contributed by atoms with Crippen LogP contribution in [0.15, 0.2) is 42.5 Å². The van der Waals surface area contributed by atoms with Gasteiger partial charge in [0, 0.05) is 19.5 Å². The first-order valence-corrected chi connectivity index (χ1v) is 9.57. The largest absolute Gasteiger partial charge is 0.478 e. The molecule has 0 saturated carbocycles. The van der Waals surface area contributed by atoms with Gasteiger partial charge in [-0.15, -0.1) is 0 Å². The van der Waals surface area contributed by atoms with Gasteiger partial charge in [-0.25, -0.2) is 4.79 Å². The molecule has 1 N–H and O–H groups in total. The molecule has 2 aromatic rings. The number of rotatable bonds is 6. The molecule has 2 heterocycles. The lowest BCUT2D eigenvalue weighted by Gasteiger charge is -2.17. The van der Waals surface area contributed by atoms with Crippen LogP contribution in [0, 0.1) is 5.92 Å². The van der Waals surface area contributed by atoms with Gasteiger partial charge < -0.3 is 19.5 Å². The van der Waals surface area contributed by atoms with E-state index in [1.165, 1.54) is 0 Å². The Kier molecular flexibility index (Phi) is 5.19. The van der Waals surface area contributed by atoms with E-state index in [9.17, 15) is 9.59 Å². The van der Waals surface area contributed by atoms with E-state index in [4.69, 9.17) is 14.6 Å². The Hall–Kier alpha value is -3.02. The highest BCUT2D eigenvalue weighted by molar-refractivity contribution is 5.87. The summed E-state index contributed by atoms with van der Waals surface area (Å²) in [5.74, 6) is 1.13. The predicted molar refractivity (Wildman–Crippen MR) is 103 cm³/mol. The number of fused-ring (bicyclic) bond motifs is 1. The molecule has 0 spiro atoms.